The van der Waals surface area contributed by atoms with Crippen molar-refractivity contribution in [3.05, 3.63) is 117 Å². The predicted molar refractivity (Wildman–Crippen MR) is 182 cm³/mol. The zero-order valence-corrected chi connectivity index (χ0v) is 28.4. The number of phenolic OH excluding ortho intramolecular Hbond substituents is 4. The van der Waals surface area contributed by atoms with Gasteiger partial charge in [-0.05, 0) is 52.8 Å². The summed E-state index contributed by atoms with van der Waals surface area (Å²) in [5.41, 5.74) is 4.20. The molecule has 0 saturated heterocycles. The van der Waals surface area contributed by atoms with Crippen LogP contribution in [0.2, 0.25) is 0 Å². The van der Waals surface area contributed by atoms with Crippen LogP contribution in [0.3, 0.4) is 0 Å². The number of aromatic hydroxyl groups is 4. The Bertz CT molecular complexity index is 1450. The van der Waals surface area contributed by atoms with E-state index in [0.29, 0.717) is 11.1 Å². The summed E-state index contributed by atoms with van der Waals surface area (Å²) >= 11 is 3.47. The molecule has 4 N–H and O–H groups in total. The smallest absolute Gasteiger partial charge is 0.196 e. The summed E-state index contributed by atoms with van der Waals surface area (Å²) in [6.45, 7) is 17.9. The van der Waals surface area contributed by atoms with Gasteiger partial charge in [0.05, 0.1) is 5.56 Å². The highest BCUT2D eigenvalue weighted by molar-refractivity contribution is 9.10. The molecular weight excluding hydrogens is 604 g/mol. The van der Waals surface area contributed by atoms with Crippen molar-refractivity contribution in [2.75, 3.05) is 0 Å². The van der Waals surface area contributed by atoms with Gasteiger partial charge in [0.2, 0.25) is 0 Å². The van der Waals surface area contributed by atoms with E-state index in [4.69, 9.17) is 0 Å². The first-order valence-electron chi connectivity index (χ1n) is 14.9. The number of hydrogen-bond acceptors (Lipinski definition) is 5. The molecule has 1 unspecified atom stereocenters. The summed E-state index contributed by atoms with van der Waals surface area (Å²) in [6.07, 6.45) is 0. The first-order chi connectivity index (χ1) is 20.4. The lowest BCUT2D eigenvalue weighted by Crippen LogP contribution is -2.03. The Morgan fingerprint density at radius 1 is 0.581 bits per heavy atom. The second kappa shape index (κ2) is 18.0. The molecular formula is C37H47BrO5. The minimum absolute atomic E-state index is 0.0112. The molecule has 0 bridgehead atoms. The largest absolute Gasteiger partial charge is 0.508 e. The van der Waals surface area contributed by atoms with Crippen LogP contribution in [-0.4, -0.2) is 26.2 Å². The fraction of sp³-hybridized carbons (Fsp3) is 0.324. The Kier molecular flexibility index (Phi) is 15.6. The molecule has 0 heterocycles. The van der Waals surface area contributed by atoms with Gasteiger partial charge in [-0.3, -0.25) is 4.79 Å². The average molecular weight is 652 g/mol. The molecule has 4 rings (SSSR count). The fourth-order valence-corrected chi connectivity index (χ4v) is 4.78. The van der Waals surface area contributed by atoms with Crippen molar-refractivity contribution < 1.29 is 25.2 Å². The van der Waals surface area contributed by atoms with E-state index in [1.165, 1.54) is 12.1 Å². The second-order valence-electron chi connectivity index (χ2n) is 10.2. The number of halogens is 1. The van der Waals surface area contributed by atoms with Crippen molar-refractivity contribution >= 4 is 21.7 Å². The number of carbonyl (C=O) groups excluding carboxylic acids is 1. The normalized spacial score (nSPS) is 10.9. The molecule has 0 saturated carbocycles. The second-order valence-corrected chi connectivity index (χ2v) is 11.1. The summed E-state index contributed by atoms with van der Waals surface area (Å²) in [4.78, 5) is 12.3. The molecule has 4 aromatic carbocycles. The molecule has 0 aliphatic heterocycles. The van der Waals surface area contributed by atoms with Crippen LogP contribution in [0.25, 0.3) is 0 Å². The minimum atomic E-state index is -0.250. The van der Waals surface area contributed by atoms with Gasteiger partial charge >= 0.3 is 0 Å². The van der Waals surface area contributed by atoms with Crippen molar-refractivity contribution in [3.63, 3.8) is 0 Å². The van der Waals surface area contributed by atoms with E-state index in [1.807, 2.05) is 91.8 Å². The lowest BCUT2D eigenvalue weighted by Gasteiger charge is -2.18. The van der Waals surface area contributed by atoms with Gasteiger partial charge in [0.1, 0.15) is 23.0 Å². The maximum Gasteiger partial charge on any atom is 0.196 e. The zero-order chi connectivity index (χ0) is 32.9. The van der Waals surface area contributed by atoms with Gasteiger partial charge in [-0.1, -0.05) is 121 Å². The minimum Gasteiger partial charge on any atom is -0.508 e. The summed E-state index contributed by atoms with van der Waals surface area (Å²) in [5.74, 6) is 0.201. The van der Waals surface area contributed by atoms with Crippen LogP contribution in [0.5, 0.6) is 23.0 Å². The summed E-state index contributed by atoms with van der Waals surface area (Å²) in [7, 11) is 0. The van der Waals surface area contributed by atoms with Gasteiger partial charge in [0, 0.05) is 33.7 Å². The van der Waals surface area contributed by atoms with E-state index in [9.17, 15) is 25.2 Å². The van der Waals surface area contributed by atoms with Gasteiger partial charge in [-0.25, -0.2) is 0 Å². The SMILES string of the molecule is CC.CC.CC(C)c1cc(C(=O)c2ccccc2)c(O)cc1O.CC(C)c1cc(C(C)c2cccc(Br)c2)c(O)cc1O. The predicted octanol–water partition coefficient (Wildman–Crippen LogP) is 10.6. The highest BCUT2D eigenvalue weighted by Crippen LogP contribution is 2.38. The molecule has 1 atom stereocenters. The Morgan fingerprint density at radius 2 is 1.07 bits per heavy atom. The maximum atomic E-state index is 12.3. The average Bonchev–Trinajstić information content (AvgIpc) is 2.99. The summed E-state index contributed by atoms with van der Waals surface area (Å²) in [6, 6.07) is 22.9. The molecule has 0 aliphatic carbocycles. The number of phenols is 4. The van der Waals surface area contributed by atoms with E-state index in [1.54, 1.807) is 30.3 Å². The third-order valence-corrected chi connectivity index (χ3v) is 7.15. The van der Waals surface area contributed by atoms with Gasteiger partial charge in [0.25, 0.3) is 0 Å². The van der Waals surface area contributed by atoms with Gasteiger partial charge in [-0.15, -0.1) is 0 Å². The van der Waals surface area contributed by atoms with Crippen LogP contribution in [0.1, 0.15) is 118 Å². The van der Waals surface area contributed by atoms with E-state index >= 15 is 0 Å². The van der Waals surface area contributed by atoms with Gasteiger partial charge in [-0.2, -0.15) is 0 Å². The van der Waals surface area contributed by atoms with Crippen LogP contribution < -0.4 is 0 Å². The van der Waals surface area contributed by atoms with Gasteiger partial charge < -0.3 is 20.4 Å². The third kappa shape index (κ3) is 10.2. The van der Waals surface area contributed by atoms with E-state index in [-0.39, 0.29) is 52.1 Å². The van der Waals surface area contributed by atoms with Crippen LogP contribution in [0.4, 0.5) is 0 Å². The standard InChI is InChI=1S/C17H19BrO2.C16H16O3.2C2H6/c1-10(2)14-8-15(17(20)9-16(14)19)11(3)12-5-4-6-13(18)7-12;1-10(2)12-8-13(15(18)9-14(12)17)16(19)11-6-4-3-5-7-11;2*1-2/h4-11,19-20H,1-3H3;3-10,17-18H,1-2H3;2*1-2H3. The first-order valence-corrected chi connectivity index (χ1v) is 15.7. The maximum absolute atomic E-state index is 12.3. The lowest BCUT2D eigenvalue weighted by atomic mass is 9.89. The Morgan fingerprint density at radius 3 is 1.58 bits per heavy atom. The van der Waals surface area contributed by atoms with Crippen LogP contribution in [0, 0.1) is 0 Å². The van der Waals surface area contributed by atoms with Crippen molar-refractivity contribution in [2.24, 2.45) is 0 Å². The highest BCUT2D eigenvalue weighted by atomic mass is 79.9. The molecule has 0 aliphatic rings. The number of benzene rings is 4. The first kappa shape index (κ1) is 37.3. The van der Waals surface area contributed by atoms with E-state index in [2.05, 4.69) is 22.9 Å². The Balaban J connectivity index is 0.000000386. The number of hydrogen-bond donors (Lipinski definition) is 4. The van der Waals surface area contributed by atoms with E-state index in [0.717, 1.165) is 21.2 Å². The Labute approximate surface area is 266 Å². The quantitative estimate of drug-likeness (QED) is 0.156. The molecule has 43 heavy (non-hydrogen) atoms. The zero-order valence-electron chi connectivity index (χ0n) is 26.8. The molecule has 4 aromatic rings. The molecule has 0 spiro atoms. The molecule has 5 nitrogen and oxygen atoms in total. The molecule has 0 fully saturated rings. The summed E-state index contributed by atoms with van der Waals surface area (Å²) in [5, 5.41) is 39.7. The molecule has 0 amide bonds. The molecule has 0 aromatic heterocycles. The van der Waals surface area contributed by atoms with Crippen molar-refractivity contribution in [3.8, 4) is 23.0 Å². The van der Waals surface area contributed by atoms with Crippen LogP contribution in [0.15, 0.2) is 83.3 Å². The number of carbonyl (C=O) groups is 1. The van der Waals surface area contributed by atoms with Crippen LogP contribution in [-0.2, 0) is 0 Å². The monoisotopic (exact) mass is 650 g/mol. The van der Waals surface area contributed by atoms with Crippen LogP contribution >= 0.6 is 15.9 Å². The van der Waals surface area contributed by atoms with Crippen molar-refractivity contribution in [1.29, 1.82) is 0 Å². The molecule has 6 heteroatoms. The van der Waals surface area contributed by atoms with Gasteiger partial charge in [0.15, 0.2) is 5.78 Å². The number of ketones is 1. The molecule has 232 valence electrons. The van der Waals surface area contributed by atoms with E-state index < -0.39 is 0 Å². The highest BCUT2D eigenvalue weighted by Gasteiger charge is 2.19. The summed E-state index contributed by atoms with van der Waals surface area (Å²) < 4.78 is 1.02. The number of rotatable bonds is 6. The fourth-order valence-electron chi connectivity index (χ4n) is 4.36. The lowest BCUT2D eigenvalue weighted by molar-refractivity contribution is 0.103. The topological polar surface area (TPSA) is 98.0 Å². The van der Waals surface area contributed by atoms with Crippen molar-refractivity contribution in [1.82, 2.24) is 0 Å². The van der Waals surface area contributed by atoms with Crippen molar-refractivity contribution in [2.45, 2.75) is 80.1 Å². The Hall–Kier alpha value is -3.77. The third-order valence-electron chi connectivity index (χ3n) is 6.66. The molecule has 0 radical (unpaired) electrons.